The topological polar surface area (TPSA) is 107 Å². The molecule has 3 heterocycles. The largest absolute Gasteiger partial charge is 0.339 e. The average Bonchev–Trinajstić information content (AvgIpc) is 2.83. The highest BCUT2D eigenvalue weighted by molar-refractivity contribution is 6.08. The van der Waals surface area contributed by atoms with E-state index in [4.69, 9.17) is 0 Å². The molecule has 2 unspecified atom stereocenters. The third kappa shape index (κ3) is 3.97. The molecule has 3 N–H and O–H groups in total. The minimum Gasteiger partial charge on any atom is -0.339 e. The van der Waals surface area contributed by atoms with Crippen molar-refractivity contribution < 1.29 is 9.59 Å². The second-order valence-corrected chi connectivity index (χ2v) is 8.72. The van der Waals surface area contributed by atoms with Crippen LogP contribution in [0.15, 0.2) is 47.3 Å². The van der Waals surface area contributed by atoms with Gasteiger partial charge in [-0.3, -0.25) is 19.4 Å². The quantitative estimate of drug-likeness (QED) is 0.567. The van der Waals surface area contributed by atoms with E-state index >= 15 is 0 Å². The Morgan fingerprint density at radius 3 is 2.82 bits per heavy atom. The first-order valence-corrected chi connectivity index (χ1v) is 11.5. The number of carbonyl (C=O) groups excluding carboxylic acids is 2. The van der Waals surface area contributed by atoms with Crippen molar-refractivity contribution in [2.45, 2.75) is 51.0 Å². The van der Waals surface area contributed by atoms with E-state index < -0.39 is 11.8 Å². The van der Waals surface area contributed by atoms with Gasteiger partial charge in [0.05, 0.1) is 11.5 Å². The molecule has 0 radical (unpaired) electrons. The van der Waals surface area contributed by atoms with Gasteiger partial charge in [0.2, 0.25) is 17.8 Å². The second-order valence-electron chi connectivity index (χ2n) is 8.72. The second kappa shape index (κ2) is 8.69. The Hall–Kier alpha value is -3.68. The van der Waals surface area contributed by atoms with Gasteiger partial charge in [-0.05, 0) is 37.1 Å². The summed E-state index contributed by atoms with van der Waals surface area (Å²) in [5.41, 5.74) is 0.473. The highest BCUT2D eigenvalue weighted by Crippen LogP contribution is 2.32. The third-order valence-electron chi connectivity index (χ3n) is 6.67. The van der Waals surface area contributed by atoms with Crippen molar-refractivity contribution in [2.75, 3.05) is 22.1 Å². The van der Waals surface area contributed by atoms with Crippen molar-refractivity contribution in [1.29, 1.82) is 0 Å². The molecule has 0 spiro atoms. The smallest absolute Gasteiger partial charge is 0.258 e. The number of hydrogen-bond donors (Lipinski definition) is 3. The lowest BCUT2D eigenvalue weighted by Gasteiger charge is -2.36. The van der Waals surface area contributed by atoms with E-state index in [0.717, 1.165) is 43.0 Å². The fourth-order valence-corrected chi connectivity index (χ4v) is 4.98. The van der Waals surface area contributed by atoms with Crippen molar-refractivity contribution in [3.8, 4) is 0 Å². The summed E-state index contributed by atoms with van der Waals surface area (Å²) in [5.74, 6) is -0.993. The number of rotatable bonds is 4. The Morgan fingerprint density at radius 2 is 1.97 bits per heavy atom. The summed E-state index contributed by atoms with van der Waals surface area (Å²) >= 11 is 0. The van der Waals surface area contributed by atoms with Gasteiger partial charge in [-0.15, -0.1) is 0 Å². The Balaban J connectivity index is 1.49. The van der Waals surface area contributed by atoms with Gasteiger partial charge in [-0.2, -0.15) is 4.98 Å². The van der Waals surface area contributed by atoms with Gasteiger partial charge in [0.15, 0.2) is 0 Å². The van der Waals surface area contributed by atoms with Crippen LogP contribution in [0.3, 0.4) is 0 Å². The molecule has 170 valence electrons. The highest BCUT2D eigenvalue weighted by atomic mass is 16.2. The summed E-state index contributed by atoms with van der Waals surface area (Å²) in [4.78, 5) is 48.5. The highest BCUT2D eigenvalue weighted by Gasteiger charge is 2.36. The fraction of sp³-hybridized carbons (Fsp3) is 0.360. The number of nitrogens with one attached hydrogen (secondary N) is 3. The molecule has 33 heavy (non-hydrogen) atoms. The van der Waals surface area contributed by atoms with E-state index in [9.17, 15) is 14.4 Å². The number of amides is 2. The number of H-pyrrole nitrogens is 1. The molecule has 1 saturated heterocycles. The van der Waals surface area contributed by atoms with E-state index in [2.05, 4.69) is 32.4 Å². The molecule has 1 aromatic heterocycles. The number of fused-ring (bicyclic) bond motifs is 2. The van der Waals surface area contributed by atoms with Gasteiger partial charge in [0, 0.05) is 30.1 Å². The molecule has 2 aromatic carbocycles. The van der Waals surface area contributed by atoms with Gasteiger partial charge >= 0.3 is 0 Å². The molecule has 0 bridgehead atoms. The molecule has 5 rings (SSSR count). The lowest BCUT2D eigenvalue weighted by Crippen LogP contribution is -2.43. The zero-order valence-corrected chi connectivity index (χ0v) is 18.6. The molecule has 0 saturated carbocycles. The standard InChI is InChI=1S/C25H27N5O3/c1-2-16-10-5-6-13-30(16)25-28-22-21(24(33)29-25)18(14-20(31)27-22)23(32)26-19-12-7-9-15-8-3-4-11-17(15)19/h3-4,7-9,11-12,16,18H,2,5-6,10,13-14H2,1H3,(H,26,32)(H2,27,28,29,31,33). The number of benzene rings is 2. The zero-order valence-electron chi connectivity index (χ0n) is 18.6. The average molecular weight is 446 g/mol. The van der Waals surface area contributed by atoms with Gasteiger partial charge < -0.3 is 15.5 Å². The summed E-state index contributed by atoms with van der Waals surface area (Å²) in [6.45, 7) is 2.92. The van der Waals surface area contributed by atoms with Crippen LogP contribution in [0, 0.1) is 0 Å². The SMILES string of the molecule is CCC1CCCCN1c1nc2c(c(=O)[nH]1)C(C(=O)Nc1cccc3ccccc13)CC(=O)N2. The molecule has 2 aliphatic heterocycles. The number of carbonyl (C=O) groups is 2. The predicted molar refractivity (Wildman–Crippen MR) is 129 cm³/mol. The van der Waals surface area contributed by atoms with Crippen molar-refractivity contribution >= 4 is 40.0 Å². The number of hydrogen-bond acceptors (Lipinski definition) is 5. The minimum atomic E-state index is -0.915. The van der Waals surface area contributed by atoms with Crippen LogP contribution in [0.25, 0.3) is 10.8 Å². The van der Waals surface area contributed by atoms with Crippen LogP contribution in [0.5, 0.6) is 0 Å². The Kier molecular flexibility index (Phi) is 5.58. The van der Waals surface area contributed by atoms with Gasteiger partial charge in [-0.25, -0.2) is 0 Å². The van der Waals surface area contributed by atoms with Gasteiger partial charge in [0.1, 0.15) is 5.82 Å². The van der Waals surface area contributed by atoms with Crippen LogP contribution in [-0.2, 0) is 9.59 Å². The summed E-state index contributed by atoms with van der Waals surface area (Å²) in [6, 6.07) is 13.7. The van der Waals surface area contributed by atoms with Crippen molar-refractivity contribution in [2.24, 2.45) is 0 Å². The predicted octanol–water partition coefficient (Wildman–Crippen LogP) is 3.76. The molecule has 8 heteroatoms. The van der Waals surface area contributed by atoms with E-state index in [1.54, 1.807) is 0 Å². The first-order valence-electron chi connectivity index (χ1n) is 11.5. The maximum Gasteiger partial charge on any atom is 0.258 e. The molecule has 8 nitrogen and oxygen atoms in total. The van der Waals surface area contributed by atoms with Gasteiger partial charge in [0.25, 0.3) is 5.56 Å². The fourth-order valence-electron chi connectivity index (χ4n) is 4.98. The normalized spacial score (nSPS) is 20.3. The molecule has 1 fully saturated rings. The van der Waals surface area contributed by atoms with Crippen LogP contribution < -0.4 is 21.1 Å². The lowest BCUT2D eigenvalue weighted by atomic mass is 9.92. The summed E-state index contributed by atoms with van der Waals surface area (Å²) < 4.78 is 0. The number of piperidine rings is 1. The van der Waals surface area contributed by atoms with Crippen LogP contribution in [0.1, 0.15) is 50.5 Å². The molecular formula is C25H27N5O3. The summed E-state index contributed by atoms with van der Waals surface area (Å²) in [7, 11) is 0. The maximum atomic E-state index is 13.3. The van der Waals surface area contributed by atoms with Crippen molar-refractivity contribution in [1.82, 2.24) is 9.97 Å². The first-order chi connectivity index (χ1) is 16.0. The number of anilines is 3. The van der Waals surface area contributed by atoms with Crippen LogP contribution in [0.2, 0.25) is 0 Å². The van der Waals surface area contributed by atoms with Gasteiger partial charge in [-0.1, -0.05) is 43.3 Å². The molecular weight excluding hydrogens is 418 g/mol. The molecule has 3 aromatic rings. The Bertz CT molecular complexity index is 1280. The Morgan fingerprint density at radius 1 is 1.15 bits per heavy atom. The maximum absolute atomic E-state index is 13.3. The Labute approximate surface area is 191 Å². The summed E-state index contributed by atoms with van der Waals surface area (Å²) in [5, 5.41) is 7.53. The third-order valence-corrected chi connectivity index (χ3v) is 6.67. The van der Waals surface area contributed by atoms with Crippen LogP contribution in [0.4, 0.5) is 17.5 Å². The number of nitrogens with zero attached hydrogens (tertiary/aromatic N) is 2. The molecule has 2 atom stereocenters. The van der Waals surface area contributed by atoms with Crippen molar-refractivity contribution in [3.63, 3.8) is 0 Å². The zero-order chi connectivity index (χ0) is 22.9. The molecule has 2 aliphatic rings. The molecule has 2 amide bonds. The monoisotopic (exact) mass is 445 g/mol. The van der Waals surface area contributed by atoms with Crippen molar-refractivity contribution in [3.05, 3.63) is 58.4 Å². The van der Waals surface area contributed by atoms with E-state index in [1.807, 2.05) is 42.5 Å². The summed E-state index contributed by atoms with van der Waals surface area (Å²) in [6.07, 6.45) is 4.06. The number of aromatic nitrogens is 2. The minimum absolute atomic E-state index is 0.102. The van der Waals surface area contributed by atoms with Crippen LogP contribution >= 0.6 is 0 Å². The number of aromatic amines is 1. The van der Waals surface area contributed by atoms with Crippen LogP contribution in [-0.4, -0.2) is 34.4 Å². The lowest BCUT2D eigenvalue weighted by molar-refractivity contribution is -0.123. The molecule has 0 aliphatic carbocycles. The van der Waals surface area contributed by atoms with E-state index in [0.29, 0.717) is 17.7 Å². The first kappa shape index (κ1) is 21.2. The van der Waals surface area contributed by atoms with E-state index in [-0.39, 0.29) is 29.3 Å². The van der Waals surface area contributed by atoms with E-state index in [1.165, 1.54) is 0 Å².